The van der Waals surface area contributed by atoms with Crippen molar-refractivity contribution in [1.29, 1.82) is 0 Å². The number of Topliss-reactive ketones (excluding diaryl/α,β-unsaturated/α-hetero) is 1. The van der Waals surface area contributed by atoms with E-state index in [1.165, 1.54) is 10.9 Å². The molecule has 0 bridgehead atoms. The van der Waals surface area contributed by atoms with Gasteiger partial charge in [0, 0.05) is 24.2 Å². The van der Waals surface area contributed by atoms with Crippen LogP contribution in [0.2, 0.25) is 0 Å². The lowest BCUT2D eigenvalue weighted by Gasteiger charge is -2.10. The molecular weight excluding hydrogens is 290 g/mol. The Morgan fingerprint density at radius 3 is 3.00 bits per heavy atom. The highest BCUT2D eigenvalue weighted by Crippen LogP contribution is 2.21. The number of alkyl halides is 1. The van der Waals surface area contributed by atoms with Crippen LogP contribution in [-0.4, -0.2) is 15.6 Å². The van der Waals surface area contributed by atoms with E-state index < -0.39 is 0 Å². The van der Waals surface area contributed by atoms with Crippen molar-refractivity contribution in [2.24, 2.45) is 0 Å². The molecule has 2 aromatic rings. The normalized spacial score (nSPS) is 12.6. The van der Waals surface area contributed by atoms with Crippen molar-refractivity contribution in [2.45, 2.75) is 31.0 Å². The standard InChI is InChI=1S/C15H16BrNO/c1-2-4-15(18)14(16)9-11-5-3-6-12-10-17-8-7-13(11)12/h3,5-8,10,14H,2,4,9H2,1H3. The number of carbonyl (C=O) groups is 1. The minimum absolute atomic E-state index is 0.0868. The molecule has 1 heterocycles. The molecule has 2 rings (SSSR count). The second kappa shape index (κ2) is 6.10. The fraction of sp³-hybridized carbons (Fsp3) is 0.333. The lowest BCUT2D eigenvalue weighted by Crippen LogP contribution is -2.16. The molecule has 0 aliphatic carbocycles. The van der Waals surface area contributed by atoms with E-state index in [2.05, 4.69) is 27.0 Å². The highest BCUT2D eigenvalue weighted by atomic mass is 79.9. The zero-order valence-corrected chi connectivity index (χ0v) is 12.0. The van der Waals surface area contributed by atoms with E-state index in [4.69, 9.17) is 0 Å². The summed E-state index contributed by atoms with van der Waals surface area (Å²) in [5.74, 6) is 0.281. The molecule has 2 nitrogen and oxygen atoms in total. The van der Waals surface area contributed by atoms with Gasteiger partial charge < -0.3 is 0 Å². The zero-order valence-electron chi connectivity index (χ0n) is 10.4. The first-order chi connectivity index (χ1) is 8.72. The van der Waals surface area contributed by atoms with Crippen LogP contribution >= 0.6 is 15.9 Å². The van der Waals surface area contributed by atoms with E-state index >= 15 is 0 Å². The van der Waals surface area contributed by atoms with Crippen molar-refractivity contribution in [3.8, 4) is 0 Å². The van der Waals surface area contributed by atoms with Crippen molar-refractivity contribution in [1.82, 2.24) is 4.98 Å². The van der Waals surface area contributed by atoms with Crippen LogP contribution in [-0.2, 0) is 11.2 Å². The largest absolute Gasteiger partial charge is 0.298 e. The highest BCUT2D eigenvalue weighted by molar-refractivity contribution is 9.10. The van der Waals surface area contributed by atoms with Crippen LogP contribution in [0.5, 0.6) is 0 Å². The van der Waals surface area contributed by atoms with Gasteiger partial charge in [0.2, 0.25) is 0 Å². The Labute approximate surface area is 116 Å². The number of benzene rings is 1. The van der Waals surface area contributed by atoms with Crippen molar-refractivity contribution in [3.63, 3.8) is 0 Å². The first-order valence-corrected chi connectivity index (χ1v) is 7.12. The van der Waals surface area contributed by atoms with Crippen LogP contribution in [0.25, 0.3) is 10.8 Å². The van der Waals surface area contributed by atoms with Gasteiger partial charge in [-0.05, 0) is 29.9 Å². The minimum Gasteiger partial charge on any atom is -0.298 e. The van der Waals surface area contributed by atoms with E-state index in [1.54, 1.807) is 6.20 Å². The van der Waals surface area contributed by atoms with Crippen molar-refractivity contribution < 1.29 is 4.79 Å². The second-order valence-electron chi connectivity index (χ2n) is 4.40. The maximum atomic E-state index is 11.8. The van der Waals surface area contributed by atoms with Crippen molar-refractivity contribution in [2.75, 3.05) is 0 Å². The molecule has 0 N–H and O–H groups in total. The Hall–Kier alpha value is -1.22. The van der Waals surface area contributed by atoms with Crippen molar-refractivity contribution >= 4 is 32.5 Å². The fourth-order valence-electron chi connectivity index (χ4n) is 2.08. The molecule has 94 valence electrons. The van der Waals surface area contributed by atoms with Gasteiger partial charge in [-0.15, -0.1) is 0 Å². The molecule has 0 fully saturated rings. The number of hydrogen-bond acceptors (Lipinski definition) is 2. The predicted octanol–water partition coefficient (Wildman–Crippen LogP) is 3.91. The number of aromatic nitrogens is 1. The van der Waals surface area contributed by atoms with Crippen LogP contribution in [0, 0.1) is 0 Å². The van der Waals surface area contributed by atoms with Gasteiger partial charge in [0.25, 0.3) is 0 Å². The quantitative estimate of drug-likeness (QED) is 0.784. The summed E-state index contributed by atoms with van der Waals surface area (Å²) < 4.78 is 0. The monoisotopic (exact) mass is 305 g/mol. The van der Waals surface area contributed by atoms with Crippen LogP contribution in [0.3, 0.4) is 0 Å². The van der Waals surface area contributed by atoms with Gasteiger partial charge in [-0.3, -0.25) is 9.78 Å². The maximum absolute atomic E-state index is 11.8. The van der Waals surface area contributed by atoms with Gasteiger partial charge in [-0.2, -0.15) is 0 Å². The molecule has 0 aliphatic heterocycles. The van der Waals surface area contributed by atoms with E-state index in [9.17, 15) is 4.79 Å². The van der Waals surface area contributed by atoms with Gasteiger partial charge >= 0.3 is 0 Å². The summed E-state index contributed by atoms with van der Waals surface area (Å²) in [6.45, 7) is 2.03. The summed E-state index contributed by atoms with van der Waals surface area (Å²) in [7, 11) is 0. The highest BCUT2D eigenvalue weighted by Gasteiger charge is 2.15. The van der Waals surface area contributed by atoms with Gasteiger partial charge in [0.05, 0.1) is 4.83 Å². The third kappa shape index (κ3) is 2.96. The Balaban J connectivity index is 2.24. The molecular formula is C15H16BrNO. The van der Waals surface area contributed by atoms with Crippen LogP contribution in [0.4, 0.5) is 0 Å². The third-order valence-corrected chi connectivity index (χ3v) is 3.85. The molecule has 0 spiro atoms. The lowest BCUT2D eigenvalue weighted by molar-refractivity contribution is -0.118. The Bertz CT molecular complexity index is 548. The number of fused-ring (bicyclic) bond motifs is 1. The van der Waals surface area contributed by atoms with Crippen LogP contribution in [0.15, 0.2) is 36.7 Å². The smallest absolute Gasteiger partial charge is 0.146 e. The molecule has 0 radical (unpaired) electrons. The molecule has 0 saturated carbocycles. The Morgan fingerprint density at radius 2 is 2.22 bits per heavy atom. The predicted molar refractivity (Wildman–Crippen MR) is 78.1 cm³/mol. The molecule has 1 aromatic heterocycles. The number of rotatable bonds is 5. The van der Waals surface area contributed by atoms with Gasteiger partial charge in [-0.1, -0.05) is 41.1 Å². The van der Waals surface area contributed by atoms with E-state index in [1.807, 2.05) is 31.3 Å². The van der Waals surface area contributed by atoms with Crippen LogP contribution in [0.1, 0.15) is 25.3 Å². The second-order valence-corrected chi connectivity index (χ2v) is 5.51. The molecule has 1 aromatic carbocycles. The van der Waals surface area contributed by atoms with Crippen molar-refractivity contribution in [3.05, 3.63) is 42.2 Å². The number of hydrogen-bond donors (Lipinski definition) is 0. The zero-order chi connectivity index (χ0) is 13.0. The average Bonchev–Trinajstić information content (AvgIpc) is 2.39. The summed E-state index contributed by atoms with van der Waals surface area (Å²) in [4.78, 5) is 15.9. The summed E-state index contributed by atoms with van der Waals surface area (Å²) in [6, 6.07) is 8.15. The molecule has 18 heavy (non-hydrogen) atoms. The first kappa shape index (κ1) is 13.2. The molecule has 1 atom stereocenters. The SMILES string of the molecule is CCCC(=O)C(Br)Cc1cccc2cnccc12. The number of pyridine rings is 1. The van der Waals surface area contributed by atoms with E-state index in [0.717, 1.165) is 18.2 Å². The Morgan fingerprint density at radius 1 is 1.39 bits per heavy atom. The molecule has 0 amide bonds. The molecule has 3 heteroatoms. The third-order valence-electron chi connectivity index (χ3n) is 3.02. The number of ketones is 1. The van der Waals surface area contributed by atoms with E-state index in [0.29, 0.717) is 6.42 Å². The number of carbonyl (C=O) groups excluding carboxylic acids is 1. The minimum atomic E-state index is -0.0868. The maximum Gasteiger partial charge on any atom is 0.146 e. The molecule has 0 saturated heterocycles. The van der Waals surface area contributed by atoms with E-state index in [-0.39, 0.29) is 10.6 Å². The van der Waals surface area contributed by atoms with Gasteiger partial charge in [-0.25, -0.2) is 0 Å². The summed E-state index contributed by atoms with van der Waals surface area (Å²) in [5, 5.41) is 2.30. The molecule has 1 unspecified atom stereocenters. The molecule has 0 aliphatic rings. The average molecular weight is 306 g/mol. The van der Waals surface area contributed by atoms with Crippen LogP contribution < -0.4 is 0 Å². The topological polar surface area (TPSA) is 30.0 Å². The van der Waals surface area contributed by atoms with Gasteiger partial charge in [0.15, 0.2) is 0 Å². The first-order valence-electron chi connectivity index (χ1n) is 6.20. The van der Waals surface area contributed by atoms with Gasteiger partial charge in [0.1, 0.15) is 5.78 Å². The summed E-state index contributed by atoms with van der Waals surface area (Å²) in [5.41, 5.74) is 1.20. The summed E-state index contributed by atoms with van der Waals surface area (Å²) in [6.07, 6.45) is 5.93. The Kier molecular flexibility index (Phi) is 4.48. The fourth-order valence-corrected chi connectivity index (χ4v) is 2.66. The number of nitrogens with zero attached hydrogens (tertiary/aromatic N) is 1. The summed E-state index contributed by atoms with van der Waals surface area (Å²) >= 11 is 3.50. The number of halogens is 1. The lowest BCUT2D eigenvalue weighted by atomic mass is 10.00.